The van der Waals surface area contributed by atoms with Crippen LogP contribution in [-0.4, -0.2) is 41.8 Å². The smallest absolute Gasteiger partial charge is 0.237 e. The zero-order valence-corrected chi connectivity index (χ0v) is 11.2. The number of amides is 1. The molecule has 0 bridgehead atoms. The first-order chi connectivity index (χ1) is 8.07. The molecule has 4 nitrogen and oxygen atoms in total. The number of carbonyl (C=O) groups is 2. The van der Waals surface area contributed by atoms with Gasteiger partial charge in [0, 0.05) is 6.54 Å². The van der Waals surface area contributed by atoms with Gasteiger partial charge in [-0.05, 0) is 39.7 Å². The first-order valence-corrected chi connectivity index (χ1v) is 6.61. The van der Waals surface area contributed by atoms with Gasteiger partial charge in [0.05, 0.1) is 12.1 Å². The number of hydrogen-bond donors (Lipinski definition) is 1. The van der Waals surface area contributed by atoms with Gasteiger partial charge in [0.1, 0.15) is 5.78 Å². The fourth-order valence-corrected chi connectivity index (χ4v) is 2.40. The van der Waals surface area contributed by atoms with E-state index in [0.717, 1.165) is 32.2 Å². The predicted octanol–water partition coefficient (Wildman–Crippen LogP) is 1.34. The summed E-state index contributed by atoms with van der Waals surface area (Å²) in [7, 11) is 0. The molecule has 0 aromatic heterocycles. The molecule has 1 rings (SSSR count). The van der Waals surface area contributed by atoms with Crippen molar-refractivity contribution in [3.63, 3.8) is 0 Å². The summed E-state index contributed by atoms with van der Waals surface area (Å²) in [6, 6.07) is -0.262. The standard InChI is InChI=1S/C13H24N2O2/c1-4-8-14-13(17)10(2)15-9-6-5-7-12(15)11(3)16/h10,12H,4-9H2,1-3H3,(H,14,17). The molecular weight excluding hydrogens is 216 g/mol. The number of rotatable bonds is 5. The molecule has 4 heteroatoms. The molecule has 2 atom stereocenters. The summed E-state index contributed by atoms with van der Waals surface area (Å²) >= 11 is 0. The van der Waals surface area contributed by atoms with Gasteiger partial charge in [-0.25, -0.2) is 0 Å². The number of likely N-dealkylation sites (tertiary alicyclic amines) is 1. The number of ketones is 1. The van der Waals surface area contributed by atoms with E-state index in [9.17, 15) is 9.59 Å². The van der Waals surface area contributed by atoms with E-state index >= 15 is 0 Å². The molecule has 98 valence electrons. The molecule has 0 aromatic rings. The lowest BCUT2D eigenvalue weighted by Crippen LogP contribution is -2.53. The number of hydrogen-bond acceptors (Lipinski definition) is 3. The molecule has 1 aliphatic heterocycles. The Kier molecular flexibility index (Phi) is 5.62. The van der Waals surface area contributed by atoms with Crippen molar-refractivity contribution < 1.29 is 9.59 Å². The highest BCUT2D eigenvalue weighted by atomic mass is 16.2. The topological polar surface area (TPSA) is 49.4 Å². The van der Waals surface area contributed by atoms with E-state index in [4.69, 9.17) is 0 Å². The molecule has 0 spiro atoms. The maximum absolute atomic E-state index is 11.9. The molecule has 1 heterocycles. The number of piperidine rings is 1. The summed E-state index contributed by atoms with van der Waals surface area (Å²) < 4.78 is 0. The maximum Gasteiger partial charge on any atom is 0.237 e. The molecule has 17 heavy (non-hydrogen) atoms. The molecule has 0 aromatic carbocycles. The Morgan fingerprint density at radius 2 is 2.12 bits per heavy atom. The monoisotopic (exact) mass is 240 g/mol. The van der Waals surface area contributed by atoms with Gasteiger partial charge in [0.2, 0.25) is 5.91 Å². The van der Waals surface area contributed by atoms with Crippen molar-refractivity contribution in [3.05, 3.63) is 0 Å². The Bertz CT molecular complexity index is 279. The largest absolute Gasteiger partial charge is 0.355 e. The fraction of sp³-hybridized carbons (Fsp3) is 0.846. The van der Waals surface area contributed by atoms with Crippen molar-refractivity contribution in [1.29, 1.82) is 0 Å². The predicted molar refractivity (Wildman–Crippen MR) is 67.8 cm³/mol. The highest BCUT2D eigenvalue weighted by Gasteiger charge is 2.32. The van der Waals surface area contributed by atoms with E-state index < -0.39 is 0 Å². The molecule has 0 saturated carbocycles. The molecular formula is C13H24N2O2. The molecule has 1 saturated heterocycles. The summed E-state index contributed by atoms with van der Waals surface area (Å²) in [5.41, 5.74) is 0. The van der Waals surface area contributed by atoms with Crippen LogP contribution in [-0.2, 0) is 9.59 Å². The van der Waals surface area contributed by atoms with Gasteiger partial charge >= 0.3 is 0 Å². The average molecular weight is 240 g/mol. The van der Waals surface area contributed by atoms with Crippen LogP contribution in [0, 0.1) is 0 Å². The number of nitrogens with one attached hydrogen (secondary N) is 1. The van der Waals surface area contributed by atoms with E-state index in [0.29, 0.717) is 6.54 Å². The average Bonchev–Trinajstić information content (AvgIpc) is 2.34. The summed E-state index contributed by atoms with van der Waals surface area (Å²) in [4.78, 5) is 25.5. The van der Waals surface area contributed by atoms with E-state index in [1.165, 1.54) is 0 Å². The molecule has 1 fully saturated rings. The minimum atomic E-state index is -0.198. The summed E-state index contributed by atoms with van der Waals surface area (Å²) in [6.45, 7) is 7.11. The van der Waals surface area contributed by atoms with Gasteiger partial charge in [0.25, 0.3) is 0 Å². The van der Waals surface area contributed by atoms with Gasteiger partial charge in [-0.15, -0.1) is 0 Å². The Morgan fingerprint density at radius 3 is 2.71 bits per heavy atom. The SMILES string of the molecule is CCCNC(=O)C(C)N1CCCCC1C(C)=O. The quantitative estimate of drug-likeness (QED) is 0.789. The lowest BCUT2D eigenvalue weighted by atomic mass is 9.97. The van der Waals surface area contributed by atoms with Gasteiger partial charge in [0.15, 0.2) is 0 Å². The molecule has 1 N–H and O–H groups in total. The van der Waals surface area contributed by atoms with Crippen molar-refractivity contribution in [1.82, 2.24) is 10.2 Å². The molecule has 2 unspecified atom stereocenters. The number of carbonyl (C=O) groups excluding carboxylic acids is 2. The van der Waals surface area contributed by atoms with Crippen LogP contribution in [0.25, 0.3) is 0 Å². The van der Waals surface area contributed by atoms with Crippen LogP contribution in [0.3, 0.4) is 0 Å². The van der Waals surface area contributed by atoms with E-state index in [2.05, 4.69) is 10.2 Å². The van der Waals surface area contributed by atoms with E-state index in [1.807, 2.05) is 13.8 Å². The highest BCUT2D eigenvalue weighted by molar-refractivity contribution is 5.85. The minimum absolute atomic E-state index is 0.0417. The lowest BCUT2D eigenvalue weighted by molar-refractivity contribution is -0.131. The third-order valence-electron chi connectivity index (χ3n) is 3.44. The normalized spacial score (nSPS) is 23.1. The van der Waals surface area contributed by atoms with Crippen LogP contribution in [0.2, 0.25) is 0 Å². The van der Waals surface area contributed by atoms with Crippen LogP contribution >= 0.6 is 0 Å². The third kappa shape index (κ3) is 3.80. The van der Waals surface area contributed by atoms with E-state index in [-0.39, 0.29) is 23.8 Å². The highest BCUT2D eigenvalue weighted by Crippen LogP contribution is 2.20. The first-order valence-electron chi connectivity index (χ1n) is 6.61. The van der Waals surface area contributed by atoms with Crippen molar-refractivity contribution in [2.24, 2.45) is 0 Å². The number of nitrogens with zero attached hydrogens (tertiary/aromatic N) is 1. The zero-order chi connectivity index (χ0) is 12.8. The lowest BCUT2D eigenvalue weighted by Gasteiger charge is -2.37. The minimum Gasteiger partial charge on any atom is -0.355 e. The second-order valence-electron chi connectivity index (χ2n) is 4.83. The first kappa shape index (κ1) is 14.2. The molecule has 0 radical (unpaired) electrons. The second-order valence-corrected chi connectivity index (χ2v) is 4.83. The van der Waals surface area contributed by atoms with Crippen LogP contribution in [0.15, 0.2) is 0 Å². The Hall–Kier alpha value is -0.900. The van der Waals surface area contributed by atoms with Crippen LogP contribution in [0.4, 0.5) is 0 Å². The van der Waals surface area contributed by atoms with Crippen LogP contribution < -0.4 is 5.32 Å². The Morgan fingerprint density at radius 1 is 1.41 bits per heavy atom. The van der Waals surface area contributed by atoms with E-state index in [1.54, 1.807) is 6.92 Å². The van der Waals surface area contributed by atoms with Crippen molar-refractivity contribution in [3.8, 4) is 0 Å². The molecule has 1 amide bonds. The third-order valence-corrected chi connectivity index (χ3v) is 3.44. The van der Waals surface area contributed by atoms with Gasteiger partial charge in [-0.2, -0.15) is 0 Å². The summed E-state index contributed by atoms with van der Waals surface area (Å²) in [6.07, 6.45) is 3.99. The van der Waals surface area contributed by atoms with Crippen LogP contribution in [0.5, 0.6) is 0 Å². The fourth-order valence-electron chi connectivity index (χ4n) is 2.40. The summed E-state index contributed by atoms with van der Waals surface area (Å²) in [5.74, 6) is 0.222. The van der Waals surface area contributed by atoms with Crippen molar-refractivity contribution in [2.75, 3.05) is 13.1 Å². The van der Waals surface area contributed by atoms with Gasteiger partial charge < -0.3 is 5.32 Å². The maximum atomic E-state index is 11.9. The van der Waals surface area contributed by atoms with Gasteiger partial charge in [-0.3, -0.25) is 14.5 Å². The molecule has 1 aliphatic rings. The number of Topliss-reactive ketones (excluding diaryl/α,β-unsaturated/α-hetero) is 1. The molecule has 0 aliphatic carbocycles. The van der Waals surface area contributed by atoms with Gasteiger partial charge in [-0.1, -0.05) is 13.3 Å². The van der Waals surface area contributed by atoms with Crippen molar-refractivity contribution in [2.45, 2.75) is 58.5 Å². The zero-order valence-electron chi connectivity index (χ0n) is 11.2. The Labute approximate surface area is 104 Å². The second kappa shape index (κ2) is 6.74. The van der Waals surface area contributed by atoms with Crippen LogP contribution in [0.1, 0.15) is 46.5 Å². The summed E-state index contributed by atoms with van der Waals surface area (Å²) in [5, 5.41) is 2.90. The van der Waals surface area contributed by atoms with Crippen molar-refractivity contribution >= 4 is 11.7 Å². The Balaban J connectivity index is 2.61.